The fourth-order valence-corrected chi connectivity index (χ4v) is 1.39. The summed E-state index contributed by atoms with van der Waals surface area (Å²) >= 11 is 0. The van der Waals surface area contributed by atoms with E-state index in [0.717, 1.165) is 6.07 Å². The van der Waals surface area contributed by atoms with Crippen molar-refractivity contribution in [2.24, 2.45) is 7.05 Å². The van der Waals surface area contributed by atoms with Crippen molar-refractivity contribution >= 4 is 0 Å². The Labute approximate surface area is 89.5 Å². The van der Waals surface area contributed by atoms with Gasteiger partial charge in [0.25, 0.3) is 0 Å². The Bertz CT molecular complexity index is 488. The highest BCUT2D eigenvalue weighted by atomic mass is 19.4. The van der Waals surface area contributed by atoms with Gasteiger partial charge in [0.15, 0.2) is 5.69 Å². The van der Waals surface area contributed by atoms with Crippen LogP contribution in [0.4, 0.5) is 13.2 Å². The second-order valence-electron chi connectivity index (χ2n) is 3.28. The first-order valence-electron chi connectivity index (χ1n) is 4.50. The van der Waals surface area contributed by atoms with Crippen LogP contribution in [0.5, 0.6) is 0 Å². The number of pyridine rings is 1. The number of hydrogen-bond acceptors (Lipinski definition) is 2. The van der Waals surface area contributed by atoms with Gasteiger partial charge >= 0.3 is 6.18 Å². The Morgan fingerprint density at radius 3 is 2.56 bits per heavy atom. The van der Waals surface area contributed by atoms with Gasteiger partial charge in [0, 0.05) is 25.0 Å². The zero-order chi connectivity index (χ0) is 11.8. The average Bonchev–Trinajstić information content (AvgIpc) is 2.61. The molecule has 0 saturated heterocycles. The van der Waals surface area contributed by atoms with E-state index in [4.69, 9.17) is 0 Å². The van der Waals surface area contributed by atoms with Crippen molar-refractivity contribution in [1.29, 1.82) is 0 Å². The summed E-state index contributed by atoms with van der Waals surface area (Å²) < 4.78 is 38.4. The molecule has 0 aliphatic rings. The molecule has 0 atom stereocenters. The molecule has 0 radical (unpaired) electrons. The summed E-state index contributed by atoms with van der Waals surface area (Å²) in [5, 5.41) is 3.42. The summed E-state index contributed by atoms with van der Waals surface area (Å²) in [5.41, 5.74) is 0.0993. The molecule has 2 rings (SSSR count). The number of hydrogen-bond donors (Lipinski definition) is 0. The van der Waals surface area contributed by atoms with E-state index >= 15 is 0 Å². The lowest BCUT2D eigenvalue weighted by Crippen LogP contribution is -2.06. The van der Waals surface area contributed by atoms with Gasteiger partial charge in [-0.05, 0) is 18.2 Å². The Hall–Kier alpha value is -1.85. The fraction of sp³-hybridized carbons (Fsp3) is 0.200. The average molecular weight is 227 g/mol. The highest BCUT2D eigenvalue weighted by molar-refractivity contribution is 5.58. The molecule has 0 amide bonds. The van der Waals surface area contributed by atoms with Crippen LogP contribution in [0, 0.1) is 0 Å². The van der Waals surface area contributed by atoms with Crippen LogP contribution in [0.2, 0.25) is 0 Å². The molecule has 0 aliphatic heterocycles. The zero-order valence-corrected chi connectivity index (χ0v) is 8.36. The van der Waals surface area contributed by atoms with Crippen molar-refractivity contribution in [3.63, 3.8) is 0 Å². The molecule has 0 N–H and O–H groups in total. The van der Waals surface area contributed by atoms with Crippen molar-refractivity contribution in [3.8, 4) is 11.3 Å². The van der Waals surface area contributed by atoms with Gasteiger partial charge in [-0.1, -0.05) is 0 Å². The van der Waals surface area contributed by atoms with Gasteiger partial charge in [0.05, 0.1) is 5.69 Å². The highest BCUT2D eigenvalue weighted by Gasteiger charge is 2.34. The van der Waals surface area contributed by atoms with Gasteiger partial charge < -0.3 is 0 Å². The Kier molecular flexibility index (Phi) is 2.41. The van der Waals surface area contributed by atoms with E-state index in [9.17, 15) is 13.2 Å². The van der Waals surface area contributed by atoms with E-state index in [2.05, 4.69) is 10.1 Å². The van der Waals surface area contributed by atoms with Crippen LogP contribution in [0.25, 0.3) is 11.3 Å². The van der Waals surface area contributed by atoms with Crippen molar-refractivity contribution in [3.05, 3.63) is 36.3 Å². The molecule has 0 unspecified atom stereocenters. The molecule has 3 nitrogen and oxygen atoms in total. The van der Waals surface area contributed by atoms with Crippen LogP contribution in [0.1, 0.15) is 5.69 Å². The monoisotopic (exact) mass is 227 g/mol. The maximum absolute atomic E-state index is 12.4. The van der Waals surface area contributed by atoms with Crippen molar-refractivity contribution in [1.82, 2.24) is 14.8 Å². The van der Waals surface area contributed by atoms with Gasteiger partial charge in [0.1, 0.15) is 0 Å². The van der Waals surface area contributed by atoms with Gasteiger partial charge in [-0.25, -0.2) is 0 Å². The van der Waals surface area contributed by atoms with Gasteiger partial charge in [-0.2, -0.15) is 18.3 Å². The predicted molar refractivity (Wildman–Crippen MR) is 51.4 cm³/mol. The van der Waals surface area contributed by atoms with Crippen LogP contribution in [0.15, 0.2) is 30.6 Å². The van der Waals surface area contributed by atoms with Crippen LogP contribution in [-0.2, 0) is 13.2 Å². The molecule has 2 aromatic rings. The summed E-state index contributed by atoms with van der Waals surface area (Å²) in [5.74, 6) is 0. The van der Waals surface area contributed by atoms with E-state index in [-0.39, 0.29) is 0 Å². The van der Waals surface area contributed by atoms with E-state index in [1.807, 2.05) is 0 Å². The number of nitrogens with zero attached hydrogens (tertiary/aromatic N) is 3. The normalized spacial score (nSPS) is 11.8. The molecule has 0 bridgehead atoms. The lowest BCUT2D eigenvalue weighted by atomic mass is 10.2. The van der Waals surface area contributed by atoms with E-state index < -0.39 is 11.9 Å². The minimum Gasteiger partial charge on any atom is -0.267 e. The second-order valence-corrected chi connectivity index (χ2v) is 3.28. The van der Waals surface area contributed by atoms with E-state index in [1.54, 1.807) is 18.3 Å². The third-order valence-electron chi connectivity index (χ3n) is 2.13. The molecule has 0 spiro atoms. The molecule has 0 saturated carbocycles. The molecule has 0 fully saturated rings. The molecular weight excluding hydrogens is 219 g/mol. The Balaban J connectivity index is 2.48. The van der Waals surface area contributed by atoms with Crippen LogP contribution < -0.4 is 0 Å². The molecule has 0 aliphatic carbocycles. The van der Waals surface area contributed by atoms with Crippen LogP contribution in [0.3, 0.4) is 0 Å². The Morgan fingerprint density at radius 2 is 2.06 bits per heavy atom. The number of rotatable bonds is 1. The van der Waals surface area contributed by atoms with Crippen LogP contribution in [-0.4, -0.2) is 14.8 Å². The smallest absolute Gasteiger partial charge is 0.267 e. The zero-order valence-electron chi connectivity index (χ0n) is 8.36. The molecule has 0 aromatic carbocycles. The minimum absolute atomic E-state index is 0.389. The van der Waals surface area contributed by atoms with Crippen molar-refractivity contribution in [2.45, 2.75) is 6.18 Å². The molecule has 6 heteroatoms. The third kappa shape index (κ3) is 1.91. The van der Waals surface area contributed by atoms with Gasteiger partial charge in [-0.15, -0.1) is 0 Å². The molecular formula is C10H8F3N3. The SMILES string of the molecule is Cn1nc(C(F)(F)F)cc1-c1cccnc1. The standard InChI is InChI=1S/C10H8F3N3/c1-16-8(7-3-2-4-14-6-7)5-9(15-16)10(11,12)13/h2-6H,1H3. The van der Waals surface area contributed by atoms with Gasteiger partial charge in [0.2, 0.25) is 0 Å². The second kappa shape index (κ2) is 3.62. The lowest BCUT2D eigenvalue weighted by molar-refractivity contribution is -0.141. The van der Waals surface area contributed by atoms with Crippen LogP contribution >= 0.6 is 0 Å². The fourth-order valence-electron chi connectivity index (χ4n) is 1.39. The third-order valence-corrected chi connectivity index (χ3v) is 2.13. The number of halogens is 3. The van der Waals surface area contributed by atoms with E-state index in [1.165, 1.54) is 17.9 Å². The first kappa shape index (κ1) is 10.7. The highest BCUT2D eigenvalue weighted by Crippen LogP contribution is 2.30. The molecule has 16 heavy (non-hydrogen) atoms. The maximum atomic E-state index is 12.4. The Morgan fingerprint density at radius 1 is 1.31 bits per heavy atom. The topological polar surface area (TPSA) is 30.7 Å². The molecule has 2 heterocycles. The minimum atomic E-state index is -4.42. The largest absolute Gasteiger partial charge is 0.435 e. The van der Waals surface area contributed by atoms with Crippen molar-refractivity contribution in [2.75, 3.05) is 0 Å². The number of aromatic nitrogens is 3. The number of aryl methyl sites for hydroxylation is 1. The summed E-state index contributed by atoms with van der Waals surface area (Å²) in [6.07, 6.45) is -1.36. The summed E-state index contributed by atoms with van der Waals surface area (Å²) in [6.45, 7) is 0. The summed E-state index contributed by atoms with van der Waals surface area (Å²) in [6, 6.07) is 4.36. The first-order valence-corrected chi connectivity index (χ1v) is 4.50. The molecule has 2 aromatic heterocycles. The number of alkyl halides is 3. The molecule has 84 valence electrons. The predicted octanol–water partition coefficient (Wildman–Crippen LogP) is 2.50. The van der Waals surface area contributed by atoms with E-state index in [0.29, 0.717) is 11.3 Å². The quantitative estimate of drug-likeness (QED) is 0.749. The maximum Gasteiger partial charge on any atom is 0.435 e. The lowest BCUT2D eigenvalue weighted by Gasteiger charge is -1.99. The summed E-state index contributed by atoms with van der Waals surface area (Å²) in [7, 11) is 1.47. The van der Waals surface area contributed by atoms with Crippen molar-refractivity contribution < 1.29 is 13.2 Å². The first-order chi connectivity index (χ1) is 7.48. The van der Waals surface area contributed by atoms with Gasteiger partial charge in [-0.3, -0.25) is 9.67 Å². The summed E-state index contributed by atoms with van der Waals surface area (Å²) in [4.78, 5) is 3.85.